The zero-order valence-corrected chi connectivity index (χ0v) is 20.5. The molecule has 0 bridgehead atoms. The van der Waals surface area contributed by atoms with Crippen LogP contribution in [0.1, 0.15) is 34.5 Å². The molecule has 5 rings (SSSR count). The summed E-state index contributed by atoms with van der Waals surface area (Å²) in [5.41, 5.74) is 2.76. The van der Waals surface area contributed by atoms with Gasteiger partial charge in [-0.3, -0.25) is 19.1 Å². The van der Waals surface area contributed by atoms with Crippen molar-refractivity contribution in [2.24, 2.45) is 5.92 Å². The summed E-state index contributed by atoms with van der Waals surface area (Å²) >= 11 is 7.61. The zero-order chi connectivity index (χ0) is 23.8. The number of hydrogen-bond donors (Lipinski definition) is 0. The van der Waals surface area contributed by atoms with E-state index >= 15 is 0 Å². The van der Waals surface area contributed by atoms with E-state index in [4.69, 9.17) is 16.3 Å². The van der Waals surface area contributed by atoms with Crippen molar-refractivity contribution in [3.05, 3.63) is 75.9 Å². The van der Waals surface area contributed by atoms with Gasteiger partial charge >= 0.3 is 0 Å². The topological polar surface area (TPSA) is 64.4 Å². The number of hydrogen-bond acceptors (Lipinski definition) is 5. The number of methoxy groups -OCH3 is 1. The third-order valence-corrected chi connectivity index (χ3v) is 7.26. The maximum Gasteiger partial charge on any atom is 0.262 e. The molecular weight excluding hydrogens is 470 g/mol. The van der Waals surface area contributed by atoms with Crippen molar-refractivity contribution >= 4 is 50.8 Å². The number of anilines is 1. The average Bonchev–Trinajstić information content (AvgIpc) is 3.42. The maximum absolute atomic E-state index is 13.6. The third kappa shape index (κ3) is 4.33. The highest BCUT2D eigenvalue weighted by Crippen LogP contribution is 2.34. The first-order chi connectivity index (χ1) is 16.5. The third-order valence-electron chi connectivity index (χ3n) is 6.23. The number of nitrogens with zero attached hydrogens (tertiary/aromatic N) is 3. The highest BCUT2D eigenvalue weighted by atomic mass is 35.5. The minimum atomic E-state index is -0.191. The van der Waals surface area contributed by atoms with Crippen LogP contribution in [-0.4, -0.2) is 35.0 Å². The van der Waals surface area contributed by atoms with Gasteiger partial charge in [-0.15, -0.1) is 11.3 Å². The van der Waals surface area contributed by atoms with Gasteiger partial charge in [-0.25, -0.2) is 4.98 Å². The van der Waals surface area contributed by atoms with Crippen LogP contribution in [0.3, 0.4) is 0 Å². The zero-order valence-electron chi connectivity index (χ0n) is 19.0. The first-order valence-electron chi connectivity index (χ1n) is 11.1. The smallest absolute Gasteiger partial charge is 0.262 e. The van der Waals surface area contributed by atoms with Gasteiger partial charge in [0, 0.05) is 39.8 Å². The molecule has 0 N–H and O–H groups in total. The monoisotopic (exact) mass is 493 g/mol. The van der Waals surface area contributed by atoms with E-state index in [9.17, 15) is 9.59 Å². The molecule has 0 saturated heterocycles. The van der Waals surface area contributed by atoms with Gasteiger partial charge in [0.05, 0.1) is 19.0 Å². The van der Waals surface area contributed by atoms with Crippen molar-refractivity contribution in [3.63, 3.8) is 0 Å². The number of rotatable bonds is 7. The van der Waals surface area contributed by atoms with Crippen LogP contribution in [-0.2, 0) is 11.2 Å². The SMILES string of the molecule is COc1ccc2c(c1)c(CC(=O)N(CC1CC1)c1nccs1)c(C)n2C(=O)c1cccc(Cl)c1. The van der Waals surface area contributed by atoms with E-state index in [1.807, 2.05) is 30.5 Å². The van der Waals surface area contributed by atoms with Gasteiger partial charge in [-0.2, -0.15) is 0 Å². The molecule has 0 radical (unpaired) electrons. The molecule has 0 atom stereocenters. The number of benzene rings is 2. The second-order valence-electron chi connectivity index (χ2n) is 8.54. The second kappa shape index (κ2) is 9.24. The Morgan fingerprint density at radius 2 is 2.06 bits per heavy atom. The summed E-state index contributed by atoms with van der Waals surface area (Å²) in [6, 6.07) is 12.5. The van der Waals surface area contributed by atoms with Gasteiger partial charge in [0.25, 0.3) is 5.91 Å². The van der Waals surface area contributed by atoms with Crippen LogP contribution < -0.4 is 9.64 Å². The van der Waals surface area contributed by atoms with Crippen molar-refractivity contribution < 1.29 is 14.3 Å². The van der Waals surface area contributed by atoms with Crippen LogP contribution in [0.2, 0.25) is 5.02 Å². The highest BCUT2D eigenvalue weighted by Gasteiger charge is 2.30. The Balaban J connectivity index is 1.58. The second-order valence-corrected chi connectivity index (χ2v) is 9.85. The Kier molecular flexibility index (Phi) is 6.15. The Hall–Kier alpha value is -3.16. The molecule has 4 aromatic rings. The number of aromatic nitrogens is 2. The Labute approximate surface area is 206 Å². The Bertz CT molecular complexity index is 1380. The van der Waals surface area contributed by atoms with Gasteiger partial charge in [0.15, 0.2) is 5.13 Å². The van der Waals surface area contributed by atoms with Crippen LogP contribution in [0.25, 0.3) is 10.9 Å². The van der Waals surface area contributed by atoms with Crippen LogP contribution in [0.5, 0.6) is 5.75 Å². The van der Waals surface area contributed by atoms with Gasteiger partial charge in [0.2, 0.25) is 5.91 Å². The van der Waals surface area contributed by atoms with E-state index < -0.39 is 0 Å². The lowest BCUT2D eigenvalue weighted by atomic mass is 10.1. The fourth-order valence-corrected chi connectivity index (χ4v) is 5.12. The highest BCUT2D eigenvalue weighted by molar-refractivity contribution is 7.13. The quantitative estimate of drug-likeness (QED) is 0.329. The molecule has 2 aromatic carbocycles. The summed E-state index contributed by atoms with van der Waals surface area (Å²) in [6.07, 6.45) is 4.16. The number of amides is 1. The van der Waals surface area contributed by atoms with Crippen molar-refractivity contribution in [2.75, 3.05) is 18.6 Å². The van der Waals surface area contributed by atoms with E-state index in [2.05, 4.69) is 4.98 Å². The summed E-state index contributed by atoms with van der Waals surface area (Å²) in [5.74, 6) is 0.980. The lowest BCUT2D eigenvalue weighted by Crippen LogP contribution is -2.34. The molecule has 0 spiro atoms. The van der Waals surface area contributed by atoms with Crippen LogP contribution in [0.4, 0.5) is 5.13 Å². The minimum absolute atomic E-state index is 0.0259. The molecular formula is C26H24ClN3O3S. The maximum atomic E-state index is 13.6. The van der Waals surface area contributed by atoms with Crippen molar-refractivity contribution in [1.82, 2.24) is 9.55 Å². The summed E-state index contributed by atoms with van der Waals surface area (Å²) in [7, 11) is 1.60. The molecule has 2 heterocycles. The van der Waals surface area contributed by atoms with E-state index in [-0.39, 0.29) is 18.2 Å². The summed E-state index contributed by atoms with van der Waals surface area (Å²) in [5, 5.41) is 3.92. The van der Waals surface area contributed by atoms with Crippen LogP contribution >= 0.6 is 22.9 Å². The molecule has 2 aromatic heterocycles. The number of ether oxygens (including phenoxy) is 1. The standard InChI is InChI=1S/C26H24ClN3O3S/c1-16-21(14-24(31)29(15-17-6-7-17)26-28-10-11-34-26)22-13-20(33-2)8-9-23(22)30(16)25(32)18-4-3-5-19(27)12-18/h3-5,8-13,17H,6-7,14-15H2,1-2H3. The predicted octanol–water partition coefficient (Wildman–Crippen LogP) is 5.74. The summed E-state index contributed by atoms with van der Waals surface area (Å²) in [4.78, 5) is 33.3. The average molecular weight is 494 g/mol. The molecule has 1 saturated carbocycles. The van der Waals surface area contributed by atoms with Crippen LogP contribution in [0.15, 0.2) is 54.0 Å². The molecule has 0 unspecified atom stereocenters. The number of halogens is 1. The van der Waals surface area contributed by atoms with Crippen LogP contribution in [0, 0.1) is 12.8 Å². The Morgan fingerprint density at radius 3 is 2.74 bits per heavy atom. The number of carbonyl (C=O) groups is 2. The first-order valence-corrected chi connectivity index (χ1v) is 12.4. The first kappa shape index (κ1) is 22.6. The molecule has 1 aliphatic rings. The Morgan fingerprint density at radius 1 is 1.24 bits per heavy atom. The molecule has 6 nitrogen and oxygen atoms in total. The minimum Gasteiger partial charge on any atom is -0.497 e. The largest absolute Gasteiger partial charge is 0.497 e. The number of thiazole rings is 1. The molecule has 1 amide bonds. The summed E-state index contributed by atoms with van der Waals surface area (Å²) < 4.78 is 7.11. The van der Waals surface area contributed by atoms with Crippen molar-refractivity contribution in [3.8, 4) is 5.75 Å². The fourth-order valence-electron chi connectivity index (χ4n) is 4.27. The van der Waals surface area contributed by atoms with E-state index in [1.165, 1.54) is 11.3 Å². The number of carbonyl (C=O) groups excluding carboxylic acids is 2. The molecule has 1 fully saturated rings. The predicted molar refractivity (Wildman–Crippen MR) is 135 cm³/mol. The van der Waals surface area contributed by atoms with Crippen molar-refractivity contribution in [2.45, 2.75) is 26.2 Å². The molecule has 174 valence electrons. The molecule has 8 heteroatoms. The van der Waals surface area contributed by atoms with Gasteiger partial charge in [0.1, 0.15) is 5.75 Å². The normalized spacial score (nSPS) is 13.3. The molecule has 0 aliphatic heterocycles. The summed E-state index contributed by atoms with van der Waals surface area (Å²) in [6.45, 7) is 2.56. The van der Waals surface area contributed by atoms with Crippen molar-refractivity contribution in [1.29, 1.82) is 0 Å². The number of fused-ring (bicyclic) bond motifs is 1. The van der Waals surface area contributed by atoms with Gasteiger partial charge in [-0.1, -0.05) is 17.7 Å². The lowest BCUT2D eigenvalue weighted by Gasteiger charge is -2.20. The fraction of sp³-hybridized carbons (Fsp3) is 0.269. The van der Waals surface area contributed by atoms with Gasteiger partial charge in [-0.05, 0) is 67.6 Å². The van der Waals surface area contributed by atoms with E-state index in [1.54, 1.807) is 47.0 Å². The molecule has 34 heavy (non-hydrogen) atoms. The lowest BCUT2D eigenvalue weighted by molar-refractivity contribution is -0.118. The van der Waals surface area contributed by atoms with Gasteiger partial charge < -0.3 is 4.74 Å². The molecule has 1 aliphatic carbocycles. The van der Waals surface area contributed by atoms with E-state index in [0.29, 0.717) is 33.9 Å². The van der Waals surface area contributed by atoms with E-state index in [0.717, 1.165) is 35.0 Å².